The molecule has 6 rings (SSSR count). The summed E-state index contributed by atoms with van der Waals surface area (Å²) in [5.41, 5.74) is 0. The van der Waals surface area contributed by atoms with Gasteiger partial charge < -0.3 is 57.0 Å². The highest BCUT2D eigenvalue weighted by molar-refractivity contribution is 6.74. The van der Waals surface area contributed by atoms with E-state index in [-0.39, 0.29) is 46.7 Å². The second-order valence-corrected chi connectivity index (χ2v) is 29.4. The maximum absolute atomic E-state index is 11.1. The Hall–Kier alpha value is -0.0462. The summed E-state index contributed by atoms with van der Waals surface area (Å²) in [6, 6.07) is 0. The number of aliphatic hydroxyl groups excluding tert-OH is 2. The van der Waals surface area contributed by atoms with E-state index in [0.717, 1.165) is 0 Å². The molecule has 2 saturated carbocycles. The minimum atomic E-state index is -2.11. The first-order valence-corrected chi connectivity index (χ1v) is 24.2. The summed E-state index contributed by atoms with van der Waals surface area (Å²) >= 11 is 0. The molecule has 292 valence electrons. The Morgan fingerprint density at radius 1 is 0.400 bits per heavy atom. The van der Waals surface area contributed by atoms with Crippen LogP contribution in [0.25, 0.3) is 0 Å². The van der Waals surface area contributed by atoms with Gasteiger partial charge in [0.15, 0.2) is 39.8 Å². The van der Waals surface area contributed by atoms with Crippen LogP contribution >= 0.6 is 0 Å². The molecular formula is C36H68O12Si2. The molecule has 0 bridgehead atoms. The van der Waals surface area contributed by atoms with Crippen molar-refractivity contribution >= 4 is 16.6 Å². The molecule has 6 aliphatic rings. The van der Waals surface area contributed by atoms with Gasteiger partial charge in [-0.15, -0.1) is 0 Å². The van der Waals surface area contributed by atoms with Gasteiger partial charge in [0.1, 0.15) is 73.2 Å². The standard InChI is InChI=1S/2C18H34O6Si/c1-16(2,3)25(8,9)24-12-10(19)11-13(21-17(4,5)20-11)15-14(12)22-18(6,7)23-15;1-16(2,3)25(8,9)24-15-13-11(20-17(4,5)22-13)10(19)12-14(15)23-18(6,7)21-12/h2*10-15,19H,1-9H3/t10-,11-,12+,13+,14-,15-;10?,11-,12+,13+,14-,15?/m0./s1. The molecule has 0 amide bonds. The van der Waals surface area contributed by atoms with Gasteiger partial charge in [-0.2, -0.15) is 0 Å². The van der Waals surface area contributed by atoms with Crippen LogP contribution in [0, 0.1) is 0 Å². The number of rotatable bonds is 4. The fraction of sp³-hybridized carbons (Fsp3) is 1.00. The molecular weight excluding hydrogens is 681 g/mol. The van der Waals surface area contributed by atoms with E-state index >= 15 is 0 Å². The third kappa shape index (κ3) is 7.86. The van der Waals surface area contributed by atoms with Crippen molar-refractivity contribution in [2.24, 2.45) is 0 Å². The van der Waals surface area contributed by atoms with Gasteiger partial charge in [-0.1, -0.05) is 41.5 Å². The number of fused-ring (bicyclic) bond motifs is 5. The quantitative estimate of drug-likeness (QED) is 0.348. The number of hydrogen-bond acceptors (Lipinski definition) is 12. The van der Waals surface area contributed by atoms with E-state index in [4.69, 9.17) is 46.7 Å². The highest BCUT2D eigenvalue weighted by Crippen LogP contribution is 2.50. The molecule has 2 aliphatic carbocycles. The summed E-state index contributed by atoms with van der Waals surface area (Å²) in [5, 5.41) is 22.0. The number of hydrogen-bond donors (Lipinski definition) is 2. The highest BCUT2D eigenvalue weighted by atomic mass is 28.4. The summed E-state index contributed by atoms with van der Waals surface area (Å²) < 4.78 is 61.9. The largest absolute Gasteiger partial charge is 0.408 e. The maximum atomic E-state index is 11.1. The second kappa shape index (κ2) is 12.8. The predicted molar refractivity (Wildman–Crippen MR) is 191 cm³/mol. The summed E-state index contributed by atoms with van der Waals surface area (Å²) in [6.07, 6.45) is -5.72. The minimum absolute atomic E-state index is 0.0281. The van der Waals surface area contributed by atoms with Gasteiger partial charge in [-0.25, -0.2) is 0 Å². The molecule has 0 radical (unpaired) electrons. The average molecular weight is 749 g/mol. The third-order valence-electron chi connectivity index (χ3n) is 11.8. The van der Waals surface area contributed by atoms with Crippen LogP contribution in [0.1, 0.15) is 96.9 Å². The van der Waals surface area contributed by atoms with Crippen LogP contribution < -0.4 is 0 Å². The van der Waals surface area contributed by atoms with Crippen LogP contribution in [0.2, 0.25) is 36.3 Å². The average Bonchev–Trinajstić information content (AvgIpc) is 3.62. The van der Waals surface area contributed by atoms with Gasteiger partial charge >= 0.3 is 0 Å². The molecule has 0 aromatic heterocycles. The lowest BCUT2D eigenvalue weighted by atomic mass is 9.85. The molecule has 2 unspecified atom stereocenters. The summed E-state index contributed by atoms with van der Waals surface area (Å²) in [6.45, 7) is 36.9. The molecule has 0 aromatic rings. The van der Waals surface area contributed by atoms with E-state index in [1.54, 1.807) is 0 Å². The van der Waals surface area contributed by atoms with E-state index in [2.05, 4.69) is 67.7 Å². The minimum Gasteiger partial charge on any atom is -0.408 e. The molecule has 2 N–H and O–H groups in total. The fourth-order valence-electron chi connectivity index (χ4n) is 7.39. The predicted octanol–water partition coefficient (Wildman–Crippen LogP) is 5.58. The highest BCUT2D eigenvalue weighted by Gasteiger charge is 2.66. The smallest absolute Gasteiger partial charge is 0.192 e. The van der Waals surface area contributed by atoms with Crippen molar-refractivity contribution in [3.63, 3.8) is 0 Å². The van der Waals surface area contributed by atoms with E-state index < -0.39 is 76.4 Å². The molecule has 4 saturated heterocycles. The van der Waals surface area contributed by atoms with Gasteiger partial charge in [0.25, 0.3) is 0 Å². The molecule has 12 atom stereocenters. The zero-order valence-corrected chi connectivity index (χ0v) is 35.9. The van der Waals surface area contributed by atoms with Crippen molar-refractivity contribution in [2.75, 3.05) is 0 Å². The van der Waals surface area contributed by atoms with Gasteiger partial charge in [-0.3, -0.25) is 0 Å². The van der Waals surface area contributed by atoms with E-state index in [1.165, 1.54) is 0 Å². The zero-order chi connectivity index (χ0) is 38.0. The van der Waals surface area contributed by atoms with Gasteiger partial charge in [0.05, 0.1) is 0 Å². The van der Waals surface area contributed by atoms with Crippen molar-refractivity contribution in [1.82, 2.24) is 0 Å². The zero-order valence-electron chi connectivity index (χ0n) is 33.9. The molecule has 6 fully saturated rings. The molecule has 4 heterocycles. The van der Waals surface area contributed by atoms with Gasteiger partial charge in [-0.05, 0) is 91.7 Å². The Labute approximate surface area is 302 Å². The fourth-order valence-corrected chi connectivity index (χ4v) is 10.0. The monoisotopic (exact) mass is 748 g/mol. The summed E-state index contributed by atoms with van der Waals surface area (Å²) in [4.78, 5) is 0. The molecule has 4 aliphatic heterocycles. The molecule has 50 heavy (non-hydrogen) atoms. The Morgan fingerprint density at radius 3 is 0.980 bits per heavy atom. The topological polar surface area (TPSA) is 133 Å². The van der Waals surface area contributed by atoms with Crippen molar-refractivity contribution in [1.29, 1.82) is 0 Å². The summed E-state index contributed by atoms with van der Waals surface area (Å²) in [7, 11) is -4.19. The van der Waals surface area contributed by atoms with Crippen molar-refractivity contribution in [3.8, 4) is 0 Å². The van der Waals surface area contributed by atoms with E-state index in [1.807, 2.05) is 55.4 Å². The van der Waals surface area contributed by atoms with E-state index in [9.17, 15) is 10.2 Å². The van der Waals surface area contributed by atoms with Crippen molar-refractivity contribution in [2.45, 2.75) is 230 Å². The SMILES string of the molecule is CC1(C)O[C@@H]2C(O)[C@@H]3OC(C)(C)O[C@H]3C(O[Si](C)(C)C(C)(C)C)[C@H]2O1.CC1(C)O[C@@H]2[C@@H](O1)[C@H](O[Si](C)(C)C(C)(C)C)[C@@H](O)[C@@H]1OC(C)(C)O[C@@H]21. The van der Waals surface area contributed by atoms with Crippen molar-refractivity contribution < 1.29 is 57.0 Å². The molecule has 12 nitrogen and oxygen atoms in total. The second-order valence-electron chi connectivity index (χ2n) is 19.9. The number of ether oxygens (including phenoxy) is 8. The summed E-state index contributed by atoms with van der Waals surface area (Å²) in [5.74, 6) is -3.03. The lowest BCUT2D eigenvalue weighted by molar-refractivity contribution is -0.183. The van der Waals surface area contributed by atoms with Gasteiger partial charge in [0.2, 0.25) is 0 Å². The van der Waals surface area contributed by atoms with Gasteiger partial charge in [0, 0.05) is 0 Å². The first kappa shape index (κ1) is 41.1. The Kier molecular flexibility index (Phi) is 10.5. The Morgan fingerprint density at radius 2 is 0.640 bits per heavy atom. The molecule has 0 spiro atoms. The van der Waals surface area contributed by atoms with Crippen LogP contribution in [0.15, 0.2) is 0 Å². The van der Waals surface area contributed by atoms with Crippen molar-refractivity contribution in [3.05, 3.63) is 0 Å². The van der Waals surface area contributed by atoms with E-state index in [0.29, 0.717) is 0 Å². The Bertz CT molecular complexity index is 1210. The van der Waals surface area contributed by atoms with Crippen LogP contribution in [0.3, 0.4) is 0 Å². The van der Waals surface area contributed by atoms with Crippen LogP contribution in [-0.2, 0) is 46.7 Å². The first-order chi connectivity index (χ1) is 22.3. The van der Waals surface area contributed by atoms with Crippen LogP contribution in [0.4, 0.5) is 0 Å². The normalized spacial score (nSPS) is 43.0. The maximum Gasteiger partial charge on any atom is 0.192 e. The molecule has 14 heteroatoms. The Balaban J connectivity index is 0.000000194. The number of aliphatic hydroxyl groups is 2. The molecule has 0 aromatic carbocycles. The lowest BCUT2D eigenvalue weighted by Gasteiger charge is -2.46. The van der Waals surface area contributed by atoms with Crippen LogP contribution in [0.5, 0.6) is 0 Å². The lowest BCUT2D eigenvalue weighted by Crippen LogP contribution is -2.64. The first-order valence-electron chi connectivity index (χ1n) is 18.4. The third-order valence-corrected chi connectivity index (χ3v) is 20.7. The van der Waals surface area contributed by atoms with Crippen LogP contribution in [-0.4, -0.2) is 123 Å².